The van der Waals surface area contributed by atoms with Crippen molar-refractivity contribution in [1.82, 2.24) is 0 Å². The van der Waals surface area contributed by atoms with Gasteiger partial charge >= 0.3 is 0 Å². The van der Waals surface area contributed by atoms with Gasteiger partial charge in [-0.1, -0.05) is 34.6 Å². The summed E-state index contributed by atoms with van der Waals surface area (Å²) in [5.74, 6) is 0.696. The first kappa shape index (κ1) is 36.5. The van der Waals surface area contributed by atoms with Crippen LogP contribution >= 0.6 is 0 Å². The lowest BCUT2D eigenvalue weighted by Crippen LogP contribution is -2.65. The molecular formula is C37H60O13. The zero-order valence-electron chi connectivity index (χ0n) is 30.0. The van der Waals surface area contributed by atoms with Gasteiger partial charge in [-0.25, -0.2) is 0 Å². The molecule has 13 nitrogen and oxygen atoms in total. The zero-order valence-corrected chi connectivity index (χ0v) is 30.0. The third-order valence-electron chi connectivity index (χ3n) is 16.5. The van der Waals surface area contributed by atoms with Gasteiger partial charge in [0.2, 0.25) is 0 Å². The largest absolute Gasteiger partial charge is 0.394 e. The summed E-state index contributed by atoms with van der Waals surface area (Å²) >= 11 is 0. The summed E-state index contributed by atoms with van der Waals surface area (Å²) in [7, 11) is 0. The molecule has 21 atom stereocenters. The second-order valence-corrected chi connectivity index (χ2v) is 18.8. The molecule has 0 aromatic carbocycles. The molecule has 8 N–H and O–H groups in total. The third kappa shape index (κ3) is 4.78. The summed E-state index contributed by atoms with van der Waals surface area (Å²) in [5.41, 5.74) is -0.859. The molecule has 3 saturated heterocycles. The average molecular weight is 713 g/mol. The fourth-order valence-electron chi connectivity index (χ4n) is 14.0. The van der Waals surface area contributed by atoms with E-state index < -0.39 is 79.7 Å². The first-order chi connectivity index (χ1) is 23.5. The highest BCUT2D eigenvalue weighted by molar-refractivity contribution is 5.33. The van der Waals surface area contributed by atoms with Crippen LogP contribution in [-0.2, 0) is 23.7 Å². The van der Waals surface area contributed by atoms with Gasteiger partial charge in [0.1, 0.15) is 42.7 Å². The molecular weight excluding hydrogens is 652 g/mol. The molecule has 8 rings (SSSR count). The van der Waals surface area contributed by atoms with Crippen molar-refractivity contribution < 1.29 is 64.5 Å². The van der Waals surface area contributed by atoms with E-state index in [1.54, 1.807) is 0 Å². The molecule has 0 aromatic rings. The number of fused-ring (bicyclic) bond motifs is 4. The molecule has 2 spiro atoms. The fourth-order valence-corrected chi connectivity index (χ4v) is 14.0. The van der Waals surface area contributed by atoms with Gasteiger partial charge in [0.15, 0.2) is 18.9 Å². The minimum Gasteiger partial charge on any atom is -0.394 e. The molecule has 8 aliphatic rings. The maximum absolute atomic E-state index is 11.2. The summed E-state index contributed by atoms with van der Waals surface area (Å²) in [6.45, 7) is 10.7. The van der Waals surface area contributed by atoms with E-state index in [1.165, 1.54) is 0 Å². The molecule has 286 valence electrons. The predicted molar refractivity (Wildman–Crippen MR) is 174 cm³/mol. The first-order valence-electron chi connectivity index (χ1n) is 19.1. The second-order valence-electron chi connectivity index (χ2n) is 18.8. The maximum Gasteiger partial charge on any atom is 0.186 e. The Morgan fingerprint density at radius 2 is 1.46 bits per heavy atom. The number of hydrogen-bond acceptors (Lipinski definition) is 13. The monoisotopic (exact) mass is 712 g/mol. The van der Waals surface area contributed by atoms with Crippen LogP contribution in [0.15, 0.2) is 0 Å². The quantitative estimate of drug-likeness (QED) is 0.182. The Balaban J connectivity index is 1.16. The van der Waals surface area contributed by atoms with Crippen LogP contribution in [-0.4, -0.2) is 134 Å². The summed E-state index contributed by atoms with van der Waals surface area (Å²) in [5, 5.41) is 84.3. The van der Waals surface area contributed by atoms with Crippen LogP contribution in [0.2, 0.25) is 0 Å². The Morgan fingerprint density at radius 3 is 2.18 bits per heavy atom. The van der Waals surface area contributed by atoms with Crippen molar-refractivity contribution in [2.24, 2.45) is 50.7 Å². The topological polar surface area (TPSA) is 208 Å². The summed E-state index contributed by atoms with van der Waals surface area (Å²) < 4.78 is 31.4. The maximum atomic E-state index is 11.2. The van der Waals surface area contributed by atoms with E-state index in [4.69, 9.17) is 23.7 Å². The van der Waals surface area contributed by atoms with Crippen molar-refractivity contribution in [3.63, 3.8) is 0 Å². The van der Waals surface area contributed by atoms with Crippen molar-refractivity contribution in [2.45, 2.75) is 166 Å². The Labute approximate surface area is 294 Å². The number of aliphatic hydroxyl groups excluding tert-OH is 8. The molecule has 5 aliphatic carbocycles. The van der Waals surface area contributed by atoms with E-state index in [9.17, 15) is 40.9 Å². The Kier molecular flexibility index (Phi) is 8.74. The summed E-state index contributed by atoms with van der Waals surface area (Å²) in [6.07, 6.45) is -6.88. The van der Waals surface area contributed by atoms with Gasteiger partial charge in [0.05, 0.1) is 31.5 Å². The smallest absolute Gasteiger partial charge is 0.186 e. The van der Waals surface area contributed by atoms with Crippen molar-refractivity contribution in [3.8, 4) is 0 Å². The molecule has 5 saturated carbocycles. The van der Waals surface area contributed by atoms with Gasteiger partial charge in [-0.2, -0.15) is 0 Å². The lowest BCUT2D eigenvalue weighted by atomic mass is 9.41. The predicted octanol–water partition coefficient (Wildman–Crippen LogP) is 0.398. The average Bonchev–Trinajstić information content (AvgIpc) is 3.64. The lowest BCUT2D eigenvalue weighted by Gasteiger charge is -2.65. The van der Waals surface area contributed by atoms with Crippen LogP contribution < -0.4 is 0 Å². The van der Waals surface area contributed by atoms with Crippen molar-refractivity contribution in [3.05, 3.63) is 0 Å². The van der Waals surface area contributed by atoms with Gasteiger partial charge in [0, 0.05) is 6.42 Å². The van der Waals surface area contributed by atoms with Gasteiger partial charge in [-0.15, -0.1) is 0 Å². The highest BCUT2D eigenvalue weighted by Gasteiger charge is 2.85. The highest BCUT2D eigenvalue weighted by atomic mass is 16.7. The molecule has 0 aromatic heterocycles. The van der Waals surface area contributed by atoms with Crippen LogP contribution in [0.3, 0.4) is 0 Å². The van der Waals surface area contributed by atoms with Crippen LogP contribution in [0, 0.1) is 50.7 Å². The van der Waals surface area contributed by atoms with Gasteiger partial charge in [-0.3, -0.25) is 0 Å². The minimum absolute atomic E-state index is 0.00209. The molecule has 0 radical (unpaired) electrons. The highest BCUT2D eigenvalue weighted by Crippen LogP contribution is 2.89. The summed E-state index contributed by atoms with van der Waals surface area (Å²) in [4.78, 5) is 0. The molecule has 13 heteroatoms. The first-order valence-corrected chi connectivity index (χ1v) is 19.1. The van der Waals surface area contributed by atoms with Gasteiger partial charge < -0.3 is 64.5 Å². The van der Waals surface area contributed by atoms with Crippen LogP contribution in [0.25, 0.3) is 0 Å². The Hall–Kier alpha value is -0.520. The van der Waals surface area contributed by atoms with Crippen LogP contribution in [0.1, 0.15) is 86.0 Å². The lowest BCUT2D eigenvalue weighted by molar-refractivity contribution is -0.335. The second kappa shape index (κ2) is 12.0. The van der Waals surface area contributed by atoms with E-state index in [-0.39, 0.29) is 64.1 Å². The standard InChI is InChI=1S/C37H60O13/c1-16-10-23(40)47-19-12-35(5)30-18(48-32-29(45)27(43)26(42)20(13-38)49-32)11-21-33(2,3)22(50-31-28(44)25(41)17(39)14-46-31)6-7-36(21)15-37(30,36)9-8-34(35,4)24(16)19/h16-32,38-45H,6-15H2,1-5H3/t16-,17-,18+,19+,20+,21+,22+,23-,24+,25+,26+,27-,28-,29+,30+,31+,32+,34-,35+,36-,37+/m1/s1. The normalized spacial score (nSPS) is 61.3. The van der Waals surface area contributed by atoms with Gasteiger partial charge in [-0.05, 0) is 95.7 Å². The Morgan fingerprint density at radius 1 is 0.740 bits per heavy atom. The van der Waals surface area contributed by atoms with E-state index in [1.807, 2.05) is 0 Å². The molecule has 8 fully saturated rings. The van der Waals surface area contributed by atoms with Gasteiger partial charge in [0.25, 0.3) is 0 Å². The number of rotatable bonds is 5. The van der Waals surface area contributed by atoms with E-state index in [0.29, 0.717) is 12.8 Å². The van der Waals surface area contributed by atoms with Crippen LogP contribution in [0.5, 0.6) is 0 Å². The third-order valence-corrected chi connectivity index (χ3v) is 16.5. The van der Waals surface area contributed by atoms with E-state index in [2.05, 4.69) is 34.6 Å². The molecule has 50 heavy (non-hydrogen) atoms. The van der Waals surface area contributed by atoms with E-state index >= 15 is 0 Å². The molecule has 0 unspecified atom stereocenters. The van der Waals surface area contributed by atoms with Crippen molar-refractivity contribution in [2.75, 3.05) is 13.2 Å². The van der Waals surface area contributed by atoms with E-state index in [0.717, 1.165) is 38.5 Å². The SMILES string of the molecule is C[C@@H]1C[C@H](O)O[C@H]2C[C@@]3(C)[C@@H]4[C@@H](O[C@H]5O[C@@H](CO)[C@H](O)[C@@H](O)[C@@H]5O)C[C@H]5C(C)(C)[C@@H](O[C@@H]6OC[C@@H](O)[C@H](O)[C@H]6O)CC[C@@]56C[C@@]46CC[C@]3(C)[C@@H]12. The zero-order chi connectivity index (χ0) is 35.9. The molecule has 0 bridgehead atoms. The molecule has 3 aliphatic heterocycles. The molecule has 3 heterocycles. The number of ether oxygens (including phenoxy) is 5. The van der Waals surface area contributed by atoms with Crippen molar-refractivity contribution in [1.29, 1.82) is 0 Å². The number of hydrogen-bond donors (Lipinski definition) is 8. The molecule has 0 amide bonds. The minimum atomic E-state index is -1.56. The number of aliphatic hydroxyl groups is 8. The van der Waals surface area contributed by atoms with Crippen molar-refractivity contribution >= 4 is 0 Å². The fraction of sp³-hybridized carbons (Fsp3) is 1.00. The Bertz CT molecular complexity index is 1300. The van der Waals surface area contributed by atoms with Crippen LogP contribution in [0.4, 0.5) is 0 Å². The summed E-state index contributed by atoms with van der Waals surface area (Å²) in [6, 6.07) is 0.